The average Bonchev–Trinajstić information content (AvgIpc) is 2.70. The lowest BCUT2D eigenvalue weighted by molar-refractivity contribution is 0.0664. The van der Waals surface area contributed by atoms with E-state index >= 15 is 0 Å². The molecular formula is C21H27N3O4S. The number of nitrogens with one attached hydrogen (secondary N) is 1. The molecule has 156 valence electrons. The molecular weight excluding hydrogens is 390 g/mol. The van der Waals surface area contributed by atoms with E-state index < -0.39 is 10.0 Å². The molecule has 1 aliphatic rings. The van der Waals surface area contributed by atoms with Crippen LogP contribution in [0.15, 0.2) is 41.3 Å². The number of likely N-dealkylation sites (N-methyl/N-ethyl adjacent to an activating group) is 1. The Labute approximate surface area is 172 Å². The number of nitrogens with zero attached hydrogens (tertiary/aromatic N) is 2. The molecule has 0 atom stereocenters. The van der Waals surface area contributed by atoms with Crippen molar-refractivity contribution in [3.63, 3.8) is 0 Å². The number of carbonyl (C=O) groups is 1. The van der Waals surface area contributed by atoms with Crippen LogP contribution in [-0.2, 0) is 10.0 Å². The minimum Gasteiger partial charge on any atom is -0.495 e. The number of rotatable bonds is 5. The molecule has 0 saturated carbocycles. The van der Waals surface area contributed by atoms with Gasteiger partial charge < -0.3 is 14.5 Å². The Morgan fingerprint density at radius 1 is 1.00 bits per heavy atom. The van der Waals surface area contributed by atoms with Crippen LogP contribution in [0.5, 0.6) is 5.75 Å². The topological polar surface area (TPSA) is 78.9 Å². The molecule has 2 aromatic carbocycles. The van der Waals surface area contributed by atoms with Gasteiger partial charge in [0.05, 0.1) is 7.11 Å². The summed E-state index contributed by atoms with van der Waals surface area (Å²) in [6, 6.07) is 9.82. The van der Waals surface area contributed by atoms with Crippen molar-refractivity contribution in [1.82, 2.24) is 9.80 Å². The minimum atomic E-state index is -3.83. The molecule has 1 fully saturated rings. The fourth-order valence-corrected chi connectivity index (χ4v) is 4.51. The number of hydrogen-bond donors (Lipinski definition) is 1. The van der Waals surface area contributed by atoms with E-state index in [4.69, 9.17) is 4.74 Å². The highest BCUT2D eigenvalue weighted by molar-refractivity contribution is 7.92. The third-order valence-electron chi connectivity index (χ3n) is 5.24. The first kappa shape index (κ1) is 21.1. The van der Waals surface area contributed by atoms with Gasteiger partial charge in [-0.3, -0.25) is 9.52 Å². The molecule has 29 heavy (non-hydrogen) atoms. The normalized spacial score (nSPS) is 15.2. The highest BCUT2D eigenvalue weighted by Gasteiger charge is 2.22. The van der Waals surface area contributed by atoms with Crippen LogP contribution in [0.25, 0.3) is 0 Å². The van der Waals surface area contributed by atoms with Crippen molar-refractivity contribution in [1.29, 1.82) is 0 Å². The molecule has 7 nitrogen and oxygen atoms in total. The van der Waals surface area contributed by atoms with Crippen molar-refractivity contribution >= 4 is 21.6 Å². The SMILES string of the molecule is COc1cc(C)c(C)cc1S(=O)(=O)Nc1ccc(C(=O)N2CCN(C)CC2)cc1. The molecule has 1 heterocycles. The van der Waals surface area contributed by atoms with E-state index in [2.05, 4.69) is 9.62 Å². The van der Waals surface area contributed by atoms with Gasteiger partial charge >= 0.3 is 0 Å². The molecule has 0 aromatic heterocycles. The van der Waals surface area contributed by atoms with Gasteiger partial charge in [-0.25, -0.2) is 8.42 Å². The van der Waals surface area contributed by atoms with E-state index in [0.29, 0.717) is 30.1 Å². The lowest BCUT2D eigenvalue weighted by Crippen LogP contribution is -2.47. The van der Waals surface area contributed by atoms with Crippen LogP contribution in [0.4, 0.5) is 5.69 Å². The second-order valence-electron chi connectivity index (χ2n) is 7.37. The van der Waals surface area contributed by atoms with Gasteiger partial charge in [-0.2, -0.15) is 0 Å². The lowest BCUT2D eigenvalue weighted by Gasteiger charge is -2.32. The average molecular weight is 418 g/mol. The summed E-state index contributed by atoms with van der Waals surface area (Å²) in [5.41, 5.74) is 2.74. The predicted octanol–water partition coefficient (Wildman–Crippen LogP) is 2.50. The van der Waals surface area contributed by atoms with E-state index in [1.165, 1.54) is 7.11 Å². The number of benzene rings is 2. The highest BCUT2D eigenvalue weighted by atomic mass is 32.2. The molecule has 1 aliphatic heterocycles. The van der Waals surface area contributed by atoms with Crippen molar-refractivity contribution in [2.45, 2.75) is 18.7 Å². The highest BCUT2D eigenvalue weighted by Crippen LogP contribution is 2.29. The van der Waals surface area contributed by atoms with Crippen LogP contribution >= 0.6 is 0 Å². The molecule has 1 amide bonds. The largest absolute Gasteiger partial charge is 0.495 e. The van der Waals surface area contributed by atoms with Gasteiger partial charge in [-0.1, -0.05) is 0 Å². The summed E-state index contributed by atoms with van der Waals surface area (Å²) >= 11 is 0. The minimum absolute atomic E-state index is 0.0386. The van der Waals surface area contributed by atoms with Gasteiger partial charge in [0, 0.05) is 37.4 Å². The monoisotopic (exact) mass is 417 g/mol. The van der Waals surface area contributed by atoms with Gasteiger partial charge in [0.1, 0.15) is 10.6 Å². The number of sulfonamides is 1. The smallest absolute Gasteiger partial charge is 0.265 e. The molecule has 0 unspecified atom stereocenters. The van der Waals surface area contributed by atoms with E-state index in [0.717, 1.165) is 24.2 Å². The Hall–Kier alpha value is -2.58. The summed E-state index contributed by atoms with van der Waals surface area (Å²) < 4.78 is 33.6. The number of ether oxygens (including phenoxy) is 1. The zero-order valence-electron chi connectivity index (χ0n) is 17.2. The Bertz CT molecular complexity index is 995. The van der Waals surface area contributed by atoms with Crippen LogP contribution in [0, 0.1) is 13.8 Å². The van der Waals surface area contributed by atoms with Crippen LogP contribution in [0.2, 0.25) is 0 Å². The lowest BCUT2D eigenvalue weighted by atomic mass is 10.1. The molecule has 0 radical (unpaired) electrons. The predicted molar refractivity (Wildman–Crippen MR) is 113 cm³/mol. The summed E-state index contributed by atoms with van der Waals surface area (Å²) in [5.74, 6) is 0.255. The van der Waals surface area contributed by atoms with Crippen molar-refractivity contribution in [2.24, 2.45) is 0 Å². The number of methoxy groups -OCH3 is 1. The Morgan fingerprint density at radius 2 is 1.59 bits per heavy atom. The van der Waals surface area contributed by atoms with Gasteiger partial charge in [0.25, 0.3) is 15.9 Å². The van der Waals surface area contributed by atoms with Gasteiger partial charge in [-0.05, 0) is 68.4 Å². The quantitative estimate of drug-likeness (QED) is 0.809. The molecule has 0 bridgehead atoms. The number of anilines is 1. The summed E-state index contributed by atoms with van der Waals surface area (Å²) in [6.45, 7) is 6.83. The first-order valence-corrected chi connectivity index (χ1v) is 11.0. The first-order valence-electron chi connectivity index (χ1n) is 9.47. The summed E-state index contributed by atoms with van der Waals surface area (Å²) in [4.78, 5) is 16.7. The van der Waals surface area contributed by atoms with E-state index in [1.807, 2.05) is 25.8 Å². The van der Waals surface area contributed by atoms with Crippen LogP contribution in [-0.4, -0.2) is 64.5 Å². The van der Waals surface area contributed by atoms with Crippen LogP contribution in [0.1, 0.15) is 21.5 Å². The van der Waals surface area contributed by atoms with Gasteiger partial charge in [-0.15, -0.1) is 0 Å². The standard InChI is InChI=1S/C21H27N3O4S/c1-15-13-19(28-4)20(14-16(15)2)29(26,27)22-18-7-5-17(6-8-18)21(25)24-11-9-23(3)10-12-24/h5-8,13-14,22H,9-12H2,1-4H3. The molecule has 1 saturated heterocycles. The molecule has 1 N–H and O–H groups in total. The molecule has 0 spiro atoms. The third kappa shape index (κ3) is 4.71. The van der Waals surface area contributed by atoms with E-state index in [9.17, 15) is 13.2 Å². The van der Waals surface area contributed by atoms with Crippen LogP contribution in [0.3, 0.4) is 0 Å². The van der Waals surface area contributed by atoms with Crippen molar-refractivity contribution in [3.8, 4) is 5.75 Å². The summed E-state index contributed by atoms with van der Waals surface area (Å²) in [5, 5.41) is 0. The van der Waals surface area contributed by atoms with E-state index in [-0.39, 0.29) is 10.8 Å². The Morgan fingerprint density at radius 3 is 2.17 bits per heavy atom. The molecule has 8 heteroatoms. The maximum absolute atomic E-state index is 12.9. The molecule has 3 rings (SSSR count). The second kappa shape index (κ2) is 8.42. The Balaban J connectivity index is 1.77. The number of amides is 1. The van der Waals surface area contributed by atoms with E-state index in [1.54, 1.807) is 36.4 Å². The molecule has 2 aromatic rings. The number of aryl methyl sites for hydroxylation is 2. The van der Waals surface area contributed by atoms with Crippen molar-refractivity contribution in [2.75, 3.05) is 45.1 Å². The second-order valence-corrected chi connectivity index (χ2v) is 9.02. The third-order valence-corrected chi connectivity index (χ3v) is 6.65. The van der Waals surface area contributed by atoms with Gasteiger partial charge in [0.15, 0.2) is 0 Å². The molecule has 0 aliphatic carbocycles. The maximum Gasteiger partial charge on any atom is 0.265 e. The van der Waals surface area contributed by atoms with Crippen molar-refractivity contribution < 1.29 is 17.9 Å². The maximum atomic E-state index is 12.9. The number of hydrogen-bond acceptors (Lipinski definition) is 5. The number of piperazine rings is 1. The summed E-state index contributed by atoms with van der Waals surface area (Å²) in [7, 11) is -0.350. The first-order chi connectivity index (χ1) is 13.7. The fourth-order valence-electron chi connectivity index (χ4n) is 3.22. The zero-order valence-corrected chi connectivity index (χ0v) is 18.0. The van der Waals surface area contributed by atoms with Crippen LogP contribution < -0.4 is 9.46 Å². The zero-order chi connectivity index (χ0) is 21.2. The van der Waals surface area contributed by atoms with Crippen molar-refractivity contribution in [3.05, 3.63) is 53.1 Å². The number of carbonyl (C=O) groups excluding carboxylic acids is 1. The van der Waals surface area contributed by atoms with Gasteiger partial charge in [0.2, 0.25) is 0 Å². The summed E-state index contributed by atoms with van der Waals surface area (Å²) in [6.07, 6.45) is 0. The Kier molecular flexibility index (Phi) is 6.14. The fraction of sp³-hybridized carbons (Fsp3) is 0.381.